The number of carbonyl (C=O) groups excluding carboxylic acids is 1. The molecule has 1 amide bonds. The molecule has 13 heavy (non-hydrogen) atoms. The van der Waals surface area contributed by atoms with Crippen molar-refractivity contribution in [1.82, 2.24) is 5.32 Å². The van der Waals surface area contributed by atoms with Crippen molar-refractivity contribution >= 4 is 6.09 Å². The molecule has 1 aliphatic rings. The molecule has 0 unspecified atom stereocenters. The Labute approximate surface area is 78.5 Å². The van der Waals surface area contributed by atoms with Crippen molar-refractivity contribution in [1.29, 1.82) is 0 Å². The molecule has 0 saturated carbocycles. The van der Waals surface area contributed by atoms with E-state index in [0.717, 1.165) is 19.3 Å². The van der Waals surface area contributed by atoms with Crippen LogP contribution in [0.15, 0.2) is 25.3 Å². The largest absolute Gasteiger partial charge is 0.444 e. The summed E-state index contributed by atoms with van der Waals surface area (Å²) in [5.41, 5.74) is 0. The highest BCUT2D eigenvalue weighted by molar-refractivity contribution is 5.70. The first-order valence-electron chi connectivity index (χ1n) is 4.47. The summed E-state index contributed by atoms with van der Waals surface area (Å²) in [5.74, 6) is 0. The average molecular weight is 181 g/mol. The number of rotatable bonds is 5. The van der Waals surface area contributed by atoms with Crippen molar-refractivity contribution in [2.75, 3.05) is 0 Å². The van der Waals surface area contributed by atoms with Crippen molar-refractivity contribution in [3.05, 3.63) is 25.3 Å². The van der Waals surface area contributed by atoms with Crippen LogP contribution in [0.5, 0.6) is 0 Å². The Balaban J connectivity index is 2.44. The molecule has 0 bridgehead atoms. The van der Waals surface area contributed by atoms with Gasteiger partial charge in [-0.3, -0.25) is 0 Å². The molecule has 1 aliphatic heterocycles. The molecule has 2 atom stereocenters. The lowest BCUT2D eigenvalue weighted by molar-refractivity contribution is 0.127. The van der Waals surface area contributed by atoms with Gasteiger partial charge in [0.25, 0.3) is 0 Å². The maximum absolute atomic E-state index is 10.9. The minimum Gasteiger partial charge on any atom is -0.444 e. The first-order valence-corrected chi connectivity index (χ1v) is 4.47. The van der Waals surface area contributed by atoms with Gasteiger partial charge < -0.3 is 10.1 Å². The predicted molar refractivity (Wildman–Crippen MR) is 51.4 cm³/mol. The van der Waals surface area contributed by atoms with E-state index in [9.17, 15) is 4.79 Å². The highest BCUT2D eigenvalue weighted by Gasteiger charge is 2.31. The van der Waals surface area contributed by atoms with Crippen molar-refractivity contribution in [3.8, 4) is 0 Å². The van der Waals surface area contributed by atoms with Crippen LogP contribution in [0.25, 0.3) is 0 Å². The highest BCUT2D eigenvalue weighted by Crippen LogP contribution is 2.17. The van der Waals surface area contributed by atoms with E-state index in [0.29, 0.717) is 0 Å². The zero-order chi connectivity index (χ0) is 9.68. The van der Waals surface area contributed by atoms with Crippen LogP contribution in [-0.4, -0.2) is 18.2 Å². The van der Waals surface area contributed by atoms with Gasteiger partial charge in [0.2, 0.25) is 0 Å². The molecular formula is C10H15NO2. The summed E-state index contributed by atoms with van der Waals surface area (Å²) in [6.45, 7) is 7.27. The fraction of sp³-hybridized carbons (Fsp3) is 0.500. The Morgan fingerprint density at radius 1 is 1.46 bits per heavy atom. The maximum Gasteiger partial charge on any atom is 0.407 e. The third kappa shape index (κ3) is 2.61. The molecule has 1 saturated heterocycles. The lowest BCUT2D eigenvalue weighted by Crippen LogP contribution is -2.30. The fourth-order valence-electron chi connectivity index (χ4n) is 1.43. The first-order chi connectivity index (χ1) is 6.27. The molecule has 1 fully saturated rings. The van der Waals surface area contributed by atoms with Gasteiger partial charge in [-0.2, -0.15) is 0 Å². The third-order valence-electron chi connectivity index (χ3n) is 2.09. The Hall–Kier alpha value is -1.25. The molecule has 0 aromatic heterocycles. The maximum atomic E-state index is 10.9. The number of hydrogen-bond donors (Lipinski definition) is 1. The van der Waals surface area contributed by atoms with Crippen molar-refractivity contribution in [2.24, 2.45) is 0 Å². The van der Waals surface area contributed by atoms with Gasteiger partial charge >= 0.3 is 6.09 Å². The summed E-state index contributed by atoms with van der Waals surface area (Å²) in [6.07, 6.45) is 5.74. The quantitative estimate of drug-likeness (QED) is 0.659. The second-order valence-corrected chi connectivity index (χ2v) is 3.08. The van der Waals surface area contributed by atoms with Crippen LogP contribution < -0.4 is 5.32 Å². The zero-order valence-electron chi connectivity index (χ0n) is 7.66. The van der Waals surface area contributed by atoms with Crippen LogP contribution in [0.4, 0.5) is 4.79 Å². The van der Waals surface area contributed by atoms with Gasteiger partial charge in [0.05, 0.1) is 6.04 Å². The molecule has 72 valence electrons. The molecule has 0 aromatic rings. The van der Waals surface area contributed by atoms with Gasteiger partial charge in [0, 0.05) is 0 Å². The number of alkyl carbamates (subject to hydrolysis) is 1. The minimum absolute atomic E-state index is 0.0245. The molecule has 1 rings (SSSR count). The molecular weight excluding hydrogens is 166 g/mol. The number of allylic oxidation sites excluding steroid dienone is 1. The van der Waals surface area contributed by atoms with Gasteiger partial charge in [-0.05, 0) is 19.3 Å². The molecule has 3 heteroatoms. The van der Waals surface area contributed by atoms with Crippen molar-refractivity contribution < 1.29 is 9.53 Å². The molecule has 0 aliphatic carbocycles. The van der Waals surface area contributed by atoms with Crippen molar-refractivity contribution in [2.45, 2.75) is 31.4 Å². The molecule has 0 radical (unpaired) electrons. The molecule has 3 nitrogen and oxygen atoms in total. The summed E-state index contributed by atoms with van der Waals surface area (Å²) in [6, 6.07) is 0.0879. The number of cyclic esters (lactones) is 1. The second kappa shape index (κ2) is 4.70. The van der Waals surface area contributed by atoms with E-state index >= 15 is 0 Å². The van der Waals surface area contributed by atoms with Crippen LogP contribution in [0.1, 0.15) is 19.3 Å². The van der Waals surface area contributed by atoms with Gasteiger partial charge in [-0.25, -0.2) is 4.79 Å². The second-order valence-electron chi connectivity index (χ2n) is 3.08. The molecule has 1 heterocycles. The van der Waals surface area contributed by atoms with E-state index in [1.165, 1.54) is 0 Å². The molecule has 0 aromatic carbocycles. The minimum atomic E-state index is -0.319. The van der Waals surface area contributed by atoms with Crippen LogP contribution in [0.2, 0.25) is 0 Å². The van der Waals surface area contributed by atoms with Crippen LogP contribution in [0, 0.1) is 0 Å². The Morgan fingerprint density at radius 2 is 2.23 bits per heavy atom. The number of amides is 1. The normalized spacial score (nSPS) is 26.3. The lowest BCUT2D eigenvalue weighted by Gasteiger charge is -2.13. The molecule has 1 N–H and O–H groups in total. The van der Waals surface area contributed by atoms with E-state index in [4.69, 9.17) is 4.74 Å². The average Bonchev–Trinajstić information content (AvgIpc) is 2.44. The van der Waals surface area contributed by atoms with Crippen molar-refractivity contribution in [3.63, 3.8) is 0 Å². The van der Waals surface area contributed by atoms with E-state index < -0.39 is 0 Å². The molecule has 0 spiro atoms. The highest BCUT2D eigenvalue weighted by atomic mass is 16.6. The summed E-state index contributed by atoms with van der Waals surface area (Å²) in [7, 11) is 0. The lowest BCUT2D eigenvalue weighted by atomic mass is 10.0. The fourth-order valence-corrected chi connectivity index (χ4v) is 1.43. The van der Waals surface area contributed by atoms with Gasteiger partial charge in [0.15, 0.2) is 0 Å². The van der Waals surface area contributed by atoms with E-state index in [2.05, 4.69) is 18.5 Å². The number of hydrogen-bond acceptors (Lipinski definition) is 2. The Bertz CT molecular complexity index is 213. The summed E-state index contributed by atoms with van der Waals surface area (Å²) in [4.78, 5) is 10.9. The third-order valence-corrected chi connectivity index (χ3v) is 2.09. The smallest absolute Gasteiger partial charge is 0.407 e. The van der Waals surface area contributed by atoms with E-state index in [1.54, 1.807) is 6.08 Å². The SMILES string of the molecule is C=CCC[C@H]1OC(=O)N[C@@H]1CC=C. The van der Waals surface area contributed by atoms with Crippen LogP contribution in [0.3, 0.4) is 0 Å². The number of nitrogens with one attached hydrogen (secondary N) is 1. The van der Waals surface area contributed by atoms with Gasteiger partial charge in [-0.15, -0.1) is 13.2 Å². The summed E-state index contributed by atoms with van der Waals surface area (Å²) >= 11 is 0. The van der Waals surface area contributed by atoms with Crippen LogP contribution >= 0.6 is 0 Å². The van der Waals surface area contributed by atoms with Gasteiger partial charge in [-0.1, -0.05) is 12.2 Å². The number of ether oxygens (including phenoxy) is 1. The number of carbonyl (C=O) groups is 1. The predicted octanol–water partition coefficient (Wildman–Crippen LogP) is 2.01. The summed E-state index contributed by atoms with van der Waals surface area (Å²) in [5, 5.41) is 2.75. The topological polar surface area (TPSA) is 38.3 Å². The Kier molecular flexibility index (Phi) is 3.55. The van der Waals surface area contributed by atoms with E-state index in [-0.39, 0.29) is 18.2 Å². The standard InChI is InChI=1S/C10H15NO2/c1-3-5-7-9-8(6-4-2)11-10(12)13-9/h3-4,8-9H,1-2,5-7H2,(H,11,12)/t8-,9-/m1/s1. The van der Waals surface area contributed by atoms with E-state index in [1.807, 2.05) is 6.08 Å². The first kappa shape index (κ1) is 9.84. The zero-order valence-corrected chi connectivity index (χ0v) is 7.66. The van der Waals surface area contributed by atoms with Gasteiger partial charge in [0.1, 0.15) is 6.10 Å². The Morgan fingerprint density at radius 3 is 2.85 bits per heavy atom. The summed E-state index contributed by atoms with van der Waals surface area (Å²) < 4.78 is 5.08. The monoisotopic (exact) mass is 181 g/mol. The van der Waals surface area contributed by atoms with Crippen LogP contribution in [-0.2, 0) is 4.74 Å².